The molecule has 0 aromatic rings. The zero-order chi connectivity index (χ0) is 0. The Morgan fingerprint density at radius 3 is 0.500 bits per heavy atom. The molecule has 0 aromatic carbocycles. The maximum atomic E-state index is 0. The van der Waals surface area contributed by atoms with Gasteiger partial charge >= 0.3 is 40.8 Å². The molecule has 4 heteroatoms. The molecule has 0 amide bonds. The second-order valence-electron chi connectivity index (χ2n) is 0. The summed E-state index contributed by atoms with van der Waals surface area (Å²) < 4.78 is 0. The standard InChI is InChI=1S/3FH.Nd/h3*1H;/q;;;+3/p-3. The molecule has 0 aliphatic rings. The molecule has 25 valence electrons. The van der Waals surface area contributed by atoms with Crippen LogP contribution >= 0.6 is 0 Å². The van der Waals surface area contributed by atoms with Crippen LogP contribution in [-0.2, 0) is 0 Å². The monoisotopic (exact) mass is 199 g/mol. The fraction of sp³-hybridized carbons (Fsp3) is 0. The number of hydrogen-bond acceptors (Lipinski definition) is 0. The van der Waals surface area contributed by atoms with Crippen molar-refractivity contribution in [3.63, 3.8) is 0 Å². The zero-order valence-corrected chi connectivity index (χ0v) is 4.84. The fourth-order valence-electron chi connectivity index (χ4n) is 0. The van der Waals surface area contributed by atoms with Crippen LogP contribution in [0.5, 0.6) is 0 Å². The van der Waals surface area contributed by atoms with Crippen LogP contribution in [0.25, 0.3) is 0 Å². The van der Waals surface area contributed by atoms with Crippen molar-refractivity contribution >= 4 is 0 Å². The molecular weight excluding hydrogens is 201 g/mol. The molecule has 0 aliphatic carbocycles. The molecule has 0 aliphatic heterocycles. The van der Waals surface area contributed by atoms with Gasteiger partial charge in [0.1, 0.15) is 0 Å². The summed E-state index contributed by atoms with van der Waals surface area (Å²) >= 11 is 0. The minimum atomic E-state index is 0. The van der Waals surface area contributed by atoms with Crippen LogP contribution < -0.4 is 14.1 Å². The van der Waals surface area contributed by atoms with Crippen LogP contribution in [0.3, 0.4) is 0 Å². The first-order chi connectivity index (χ1) is 0. The summed E-state index contributed by atoms with van der Waals surface area (Å²) in [6.45, 7) is 0. The van der Waals surface area contributed by atoms with Gasteiger partial charge in [-0.1, -0.05) is 0 Å². The predicted octanol–water partition coefficient (Wildman–Crippen LogP) is -8.99. The van der Waals surface area contributed by atoms with E-state index < -0.39 is 0 Å². The molecule has 0 spiro atoms. The van der Waals surface area contributed by atoms with Crippen molar-refractivity contribution in [3.8, 4) is 0 Å². The molecule has 1 radical (unpaired) electrons. The molecule has 0 atom stereocenters. The first-order valence-corrected chi connectivity index (χ1v) is 0. The number of hydrogen-bond donors (Lipinski definition) is 0. The van der Waals surface area contributed by atoms with Gasteiger partial charge in [0.2, 0.25) is 0 Å². The third kappa shape index (κ3) is 11.1. The van der Waals surface area contributed by atoms with Gasteiger partial charge in [-0.25, -0.2) is 0 Å². The summed E-state index contributed by atoms with van der Waals surface area (Å²) in [5.41, 5.74) is 0. The first-order valence-electron chi connectivity index (χ1n) is 0. The molecule has 0 nitrogen and oxygen atoms in total. The largest absolute Gasteiger partial charge is 3.00 e. The van der Waals surface area contributed by atoms with E-state index in [0.717, 1.165) is 0 Å². The minimum Gasteiger partial charge on any atom is -1.00 e. The van der Waals surface area contributed by atoms with Gasteiger partial charge in [-0.15, -0.1) is 0 Å². The van der Waals surface area contributed by atoms with Gasteiger partial charge in [-0.05, 0) is 0 Å². The van der Waals surface area contributed by atoms with Crippen molar-refractivity contribution in [2.24, 2.45) is 0 Å². The van der Waals surface area contributed by atoms with Crippen molar-refractivity contribution < 1.29 is 55.0 Å². The summed E-state index contributed by atoms with van der Waals surface area (Å²) in [5.74, 6) is 0. The smallest absolute Gasteiger partial charge is 1.00 e. The van der Waals surface area contributed by atoms with Crippen molar-refractivity contribution in [1.82, 2.24) is 0 Å². The average Bonchev–Trinajstić information content (AvgIpc) is 0. The van der Waals surface area contributed by atoms with Crippen molar-refractivity contribution in [2.75, 3.05) is 0 Å². The molecule has 0 heterocycles. The van der Waals surface area contributed by atoms with Gasteiger partial charge < -0.3 is 14.1 Å². The Labute approximate surface area is 54.6 Å². The Kier molecular flexibility index (Phi) is 532. The van der Waals surface area contributed by atoms with Gasteiger partial charge in [-0.3, -0.25) is 0 Å². The van der Waals surface area contributed by atoms with Gasteiger partial charge in [0, 0.05) is 0 Å². The molecule has 0 fully saturated rings. The zero-order valence-electron chi connectivity index (χ0n) is 1.63. The summed E-state index contributed by atoms with van der Waals surface area (Å²) in [6, 6.07) is 0. The Bertz CT molecular complexity index is 3.25. The Balaban J connectivity index is 0. The third-order valence-electron chi connectivity index (χ3n) is 0. The van der Waals surface area contributed by atoms with E-state index in [1.807, 2.05) is 0 Å². The van der Waals surface area contributed by atoms with Crippen LogP contribution in [0.1, 0.15) is 0 Å². The minimum absolute atomic E-state index is 0. The molecule has 0 N–H and O–H groups in total. The quantitative estimate of drug-likeness (QED) is 0.365. The summed E-state index contributed by atoms with van der Waals surface area (Å²) in [4.78, 5) is 0. The van der Waals surface area contributed by atoms with E-state index in [9.17, 15) is 0 Å². The summed E-state index contributed by atoms with van der Waals surface area (Å²) in [7, 11) is 0. The van der Waals surface area contributed by atoms with Crippen LogP contribution in [0.4, 0.5) is 0 Å². The van der Waals surface area contributed by atoms with E-state index in [1.54, 1.807) is 0 Å². The molecule has 0 bridgehead atoms. The van der Waals surface area contributed by atoms with Crippen LogP contribution in [-0.4, -0.2) is 0 Å². The molecule has 0 saturated carbocycles. The number of rotatable bonds is 0. The van der Waals surface area contributed by atoms with Crippen LogP contribution in [0.15, 0.2) is 0 Å². The van der Waals surface area contributed by atoms with Crippen LogP contribution in [0.2, 0.25) is 0 Å². The van der Waals surface area contributed by atoms with E-state index in [4.69, 9.17) is 0 Å². The maximum Gasteiger partial charge on any atom is 3.00 e. The normalized spacial score (nSPS) is 0. The Hall–Kier alpha value is 1.14. The van der Waals surface area contributed by atoms with Gasteiger partial charge in [-0.2, -0.15) is 0 Å². The van der Waals surface area contributed by atoms with E-state index in [-0.39, 0.29) is 55.0 Å². The second kappa shape index (κ2) is 31.4. The molecular formula is F3Nd. The maximum absolute atomic E-state index is 0. The van der Waals surface area contributed by atoms with E-state index in [0.29, 0.717) is 0 Å². The third-order valence-corrected chi connectivity index (χ3v) is 0. The Morgan fingerprint density at radius 2 is 0.500 bits per heavy atom. The van der Waals surface area contributed by atoms with Gasteiger partial charge in [0.05, 0.1) is 0 Å². The van der Waals surface area contributed by atoms with Gasteiger partial charge in [0.15, 0.2) is 0 Å². The predicted molar refractivity (Wildman–Crippen MR) is 0 cm³/mol. The Morgan fingerprint density at radius 1 is 0.500 bits per heavy atom. The van der Waals surface area contributed by atoms with Crippen molar-refractivity contribution in [2.45, 2.75) is 0 Å². The van der Waals surface area contributed by atoms with E-state index in [2.05, 4.69) is 0 Å². The topological polar surface area (TPSA) is 0 Å². The van der Waals surface area contributed by atoms with Gasteiger partial charge in [0.25, 0.3) is 0 Å². The summed E-state index contributed by atoms with van der Waals surface area (Å²) in [6.07, 6.45) is 0. The fourth-order valence-corrected chi connectivity index (χ4v) is 0. The average molecular weight is 201 g/mol. The molecule has 0 aromatic heterocycles. The first kappa shape index (κ1) is 67.7. The number of halogens is 3. The van der Waals surface area contributed by atoms with Crippen LogP contribution in [0, 0.1) is 40.8 Å². The van der Waals surface area contributed by atoms with Crippen molar-refractivity contribution in [1.29, 1.82) is 0 Å². The second-order valence-corrected chi connectivity index (χ2v) is 0. The molecule has 0 saturated heterocycles. The van der Waals surface area contributed by atoms with Crippen molar-refractivity contribution in [3.05, 3.63) is 0 Å². The summed E-state index contributed by atoms with van der Waals surface area (Å²) in [5, 5.41) is 0. The molecule has 0 rings (SSSR count). The van der Waals surface area contributed by atoms with E-state index >= 15 is 0 Å². The molecule has 0 unspecified atom stereocenters. The SMILES string of the molecule is [F-].[F-].[F-].[Nd+3]. The van der Waals surface area contributed by atoms with E-state index in [1.165, 1.54) is 0 Å². The molecule has 4 heavy (non-hydrogen) atoms.